The molecule has 0 bridgehead atoms. The van der Waals surface area contributed by atoms with Gasteiger partial charge in [-0.25, -0.2) is 4.68 Å². The zero-order valence-electron chi connectivity index (χ0n) is 28.1. The number of benzene rings is 3. The standard InChI is InChI=1S/C30H38N5O3.C7H7ClO.V/c1-4-6-14-33(15-7-5-2)30(38)27-16-21(3)35(32-27)28-13-12-24(31)18-26(28)29(37)34-19-23-11-9-8-10-22(23)17-25(34)20-36;1-5-4-6(8)2-3-7(5)9;/h8-13,16,18,25,31,36H,4-7,14-15,17,19-20H2,1-3H3;2-4,9H,1H3;/q-1;;/t25-;;/m0../s1. The third kappa shape index (κ3) is 9.44. The zero-order valence-corrected chi connectivity index (χ0v) is 30.3. The van der Waals surface area contributed by atoms with Crippen molar-refractivity contribution in [3.8, 4) is 11.4 Å². The fourth-order valence-electron chi connectivity index (χ4n) is 5.65. The summed E-state index contributed by atoms with van der Waals surface area (Å²) in [6, 6.07) is 19.2. The number of aromatic nitrogens is 2. The van der Waals surface area contributed by atoms with Gasteiger partial charge in [0.1, 0.15) is 5.75 Å². The van der Waals surface area contributed by atoms with Crippen LogP contribution in [0, 0.1) is 13.8 Å². The van der Waals surface area contributed by atoms with Gasteiger partial charge in [-0.15, -0.1) is 5.69 Å². The van der Waals surface area contributed by atoms with E-state index in [9.17, 15) is 14.7 Å². The summed E-state index contributed by atoms with van der Waals surface area (Å²) in [7, 11) is 0. The second-order valence-electron chi connectivity index (χ2n) is 12.0. The molecule has 3 aromatic carbocycles. The molecule has 0 fully saturated rings. The summed E-state index contributed by atoms with van der Waals surface area (Å²) < 4.78 is 1.63. The number of phenolic OH excluding ortho intramolecular Hbond substituents is 1. The van der Waals surface area contributed by atoms with E-state index in [2.05, 4.69) is 18.9 Å². The Balaban J connectivity index is 0.000000541. The number of halogens is 1. The SMILES string of the molecule is CCCCN(CCCC)C(=O)c1cc(C)n(-c2ccc([NH-])cc2C(=O)N2Cc3ccccc3C[C@H]2CO)n1.Cc1cc(Cl)ccc1O.[V]. The van der Waals surface area contributed by atoms with Crippen molar-refractivity contribution in [2.45, 2.75) is 72.4 Å². The predicted molar refractivity (Wildman–Crippen MR) is 187 cm³/mol. The number of nitrogens with zero attached hydrogens (tertiary/aromatic N) is 4. The summed E-state index contributed by atoms with van der Waals surface area (Å²) >= 11 is 5.61. The van der Waals surface area contributed by atoms with Crippen LogP contribution in [-0.2, 0) is 31.5 Å². The summed E-state index contributed by atoms with van der Waals surface area (Å²) in [5.74, 6) is -0.0796. The third-order valence-electron chi connectivity index (χ3n) is 8.40. The summed E-state index contributed by atoms with van der Waals surface area (Å²) in [6.45, 7) is 9.50. The van der Waals surface area contributed by atoms with Gasteiger partial charge in [-0.3, -0.25) is 9.59 Å². The van der Waals surface area contributed by atoms with Crippen molar-refractivity contribution < 1.29 is 38.4 Å². The molecule has 0 aliphatic carbocycles. The molecule has 1 aromatic heterocycles. The summed E-state index contributed by atoms with van der Waals surface area (Å²) in [4.78, 5) is 30.9. The average Bonchev–Trinajstić information content (AvgIpc) is 3.46. The van der Waals surface area contributed by atoms with Crippen LogP contribution < -0.4 is 0 Å². The Hall–Kier alpha value is -3.76. The maximum Gasteiger partial charge on any atom is 0.274 e. The van der Waals surface area contributed by atoms with Gasteiger partial charge >= 0.3 is 0 Å². The van der Waals surface area contributed by atoms with Crippen molar-refractivity contribution in [2.24, 2.45) is 0 Å². The van der Waals surface area contributed by atoms with E-state index >= 15 is 0 Å². The number of aryl methyl sites for hydroxylation is 2. The number of amides is 2. The van der Waals surface area contributed by atoms with Crippen molar-refractivity contribution in [2.75, 3.05) is 19.7 Å². The number of hydrogen-bond donors (Lipinski definition) is 2. The van der Waals surface area contributed by atoms with E-state index in [1.807, 2.05) is 36.1 Å². The van der Waals surface area contributed by atoms with Gasteiger partial charge in [0, 0.05) is 48.9 Å². The van der Waals surface area contributed by atoms with Gasteiger partial charge < -0.3 is 25.7 Å². The zero-order chi connectivity index (χ0) is 34.1. The number of aliphatic hydroxyl groups excluding tert-OH is 1. The Morgan fingerprint density at radius 1 is 0.979 bits per heavy atom. The van der Waals surface area contributed by atoms with Gasteiger partial charge in [-0.1, -0.05) is 74.7 Å². The van der Waals surface area contributed by atoms with E-state index in [4.69, 9.17) is 22.4 Å². The second kappa shape index (κ2) is 18.1. The first-order chi connectivity index (χ1) is 22.6. The van der Waals surface area contributed by atoms with Crippen molar-refractivity contribution in [3.05, 3.63) is 111 Å². The molecule has 1 atom stereocenters. The van der Waals surface area contributed by atoms with Crippen LogP contribution in [0.25, 0.3) is 11.4 Å². The molecular formula is C37H45ClN5O4V-. The maximum absolute atomic E-state index is 13.9. The first kappa shape index (κ1) is 38.7. The van der Waals surface area contributed by atoms with Gasteiger partial charge in [-0.2, -0.15) is 5.10 Å². The van der Waals surface area contributed by atoms with Gasteiger partial charge in [0.25, 0.3) is 11.8 Å². The van der Waals surface area contributed by atoms with Crippen LogP contribution >= 0.6 is 11.6 Å². The fraction of sp³-hybridized carbons (Fsp3) is 0.378. The first-order valence-corrected chi connectivity index (χ1v) is 16.6. The monoisotopic (exact) mass is 709 g/mol. The van der Waals surface area contributed by atoms with Crippen molar-refractivity contribution >= 4 is 29.1 Å². The number of aliphatic hydroxyl groups is 1. The van der Waals surface area contributed by atoms with Crippen molar-refractivity contribution in [3.63, 3.8) is 0 Å². The van der Waals surface area contributed by atoms with Crippen LogP contribution in [0.2, 0.25) is 5.02 Å². The van der Waals surface area contributed by atoms with Crippen molar-refractivity contribution in [1.82, 2.24) is 19.6 Å². The van der Waals surface area contributed by atoms with E-state index in [0.717, 1.165) is 48.1 Å². The number of unbranched alkanes of at least 4 members (excludes halogenated alkanes) is 2. The molecule has 2 heterocycles. The molecule has 9 nitrogen and oxygen atoms in total. The molecule has 0 spiro atoms. The van der Waals surface area contributed by atoms with Crippen LogP contribution in [0.1, 0.15) is 82.8 Å². The quantitative estimate of drug-likeness (QED) is 0.174. The number of aromatic hydroxyl groups is 1. The fourth-order valence-corrected chi connectivity index (χ4v) is 5.88. The summed E-state index contributed by atoms with van der Waals surface area (Å²) in [6.07, 6.45) is 4.45. The minimum atomic E-state index is -0.360. The molecule has 48 heavy (non-hydrogen) atoms. The molecule has 0 unspecified atom stereocenters. The smallest absolute Gasteiger partial charge is 0.274 e. The van der Waals surface area contributed by atoms with E-state index in [1.54, 1.807) is 59.0 Å². The summed E-state index contributed by atoms with van der Waals surface area (Å²) in [5.41, 5.74) is 13.3. The molecule has 2 amide bonds. The number of hydrogen-bond acceptors (Lipinski definition) is 5. The molecule has 3 N–H and O–H groups in total. The maximum atomic E-state index is 13.9. The van der Waals surface area contributed by atoms with Gasteiger partial charge in [0.05, 0.1) is 23.9 Å². The Morgan fingerprint density at radius 3 is 2.25 bits per heavy atom. The molecule has 5 rings (SSSR count). The number of carbonyl (C=O) groups excluding carboxylic acids is 2. The molecule has 4 aromatic rings. The number of fused-ring (bicyclic) bond motifs is 1. The number of nitrogens with one attached hydrogen (secondary N) is 1. The van der Waals surface area contributed by atoms with Crippen LogP contribution in [0.4, 0.5) is 5.69 Å². The van der Waals surface area contributed by atoms with E-state index < -0.39 is 0 Å². The minimum Gasteiger partial charge on any atom is -0.699 e. The van der Waals surface area contributed by atoms with Crippen LogP contribution in [0.15, 0.2) is 66.7 Å². The molecule has 255 valence electrons. The van der Waals surface area contributed by atoms with Crippen molar-refractivity contribution in [1.29, 1.82) is 0 Å². The van der Waals surface area contributed by atoms with E-state index in [0.29, 0.717) is 53.8 Å². The molecule has 11 heteroatoms. The topological polar surface area (TPSA) is 123 Å². The Morgan fingerprint density at radius 2 is 1.65 bits per heavy atom. The molecule has 1 aliphatic heterocycles. The summed E-state index contributed by atoms with van der Waals surface area (Å²) in [5, 5.41) is 24.4. The second-order valence-corrected chi connectivity index (χ2v) is 12.4. The number of carbonyl (C=O) groups is 2. The van der Waals surface area contributed by atoms with Gasteiger partial charge in [0.2, 0.25) is 0 Å². The first-order valence-electron chi connectivity index (χ1n) is 16.2. The number of phenols is 1. The Labute approximate surface area is 300 Å². The van der Waals surface area contributed by atoms with Crippen LogP contribution in [-0.4, -0.2) is 67.3 Å². The Kier molecular flexibility index (Phi) is 14.6. The molecular weight excluding hydrogens is 665 g/mol. The largest absolute Gasteiger partial charge is 0.699 e. The van der Waals surface area contributed by atoms with Crippen LogP contribution in [0.5, 0.6) is 5.75 Å². The van der Waals surface area contributed by atoms with Gasteiger partial charge in [-0.05, 0) is 80.1 Å². The molecule has 1 aliphatic rings. The normalized spacial score (nSPS) is 13.5. The number of rotatable bonds is 10. The average molecular weight is 710 g/mol. The van der Waals surface area contributed by atoms with E-state index in [-0.39, 0.29) is 48.7 Å². The van der Waals surface area contributed by atoms with Gasteiger partial charge in [0.15, 0.2) is 5.69 Å². The third-order valence-corrected chi connectivity index (χ3v) is 8.63. The molecule has 1 radical (unpaired) electrons. The Bertz CT molecular complexity index is 1690. The minimum absolute atomic E-state index is 0. The van der Waals surface area contributed by atoms with Crippen LogP contribution in [0.3, 0.4) is 0 Å². The molecule has 0 saturated heterocycles. The molecule has 0 saturated carbocycles. The van der Waals surface area contributed by atoms with E-state index in [1.165, 1.54) is 0 Å². The predicted octanol–water partition coefficient (Wildman–Crippen LogP) is 7.82.